The van der Waals surface area contributed by atoms with Gasteiger partial charge in [-0.15, -0.1) is 0 Å². The van der Waals surface area contributed by atoms with Gasteiger partial charge in [0.1, 0.15) is 11.3 Å². The monoisotopic (exact) mass is 425 g/mol. The fourth-order valence-corrected chi connectivity index (χ4v) is 3.93. The summed E-state index contributed by atoms with van der Waals surface area (Å²) >= 11 is 6.18. The molecule has 0 bridgehead atoms. The molecule has 0 fully saturated rings. The summed E-state index contributed by atoms with van der Waals surface area (Å²) in [5.74, 6) is -2.99. The number of carbonyl (C=O) groups excluding carboxylic acids is 3. The van der Waals surface area contributed by atoms with Crippen LogP contribution >= 0.6 is 11.6 Å². The Balaban J connectivity index is 2.11. The summed E-state index contributed by atoms with van der Waals surface area (Å²) in [4.78, 5) is 49.0. The van der Waals surface area contributed by atoms with Crippen LogP contribution in [0, 0.1) is 5.41 Å². The van der Waals surface area contributed by atoms with Crippen molar-refractivity contribution >= 4 is 35.1 Å². The highest BCUT2D eigenvalue weighted by atomic mass is 35.5. The number of aromatic carboxylic acids is 1. The molecule has 29 heavy (non-hydrogen) atoms. The van der Waals surface area contributed by atoms with Gasteiger partial charge in [0, 0.05) is 25.1 Å². The Morgan fingerprint density at radius 2 is 1.76 bits per heavy atom. The summed E-state index contributed by atoms with van der Waals surface area (Å²) in [6.45, 7) is 9.40. The molecule has 1 aliphatic rings. The van der Waals surface area contributed by atoms with E-state index in [1.54, 1.807) is 39.2 Å². The minimum Gasteiger partial charge on any atom is -0.478 e. The normalized spacial score (nSPS) is 13.9. The lowest BCUT2D eigenvalue weighted by molar-refractivity contribution is -0.155. The van der Waals surface area contributed by atoms with Gasteiger partial charge in [-0.25, -0.2) is 4.79 Å². The Morgan fingerprint density at radius 3 is 2.31 bits per heavy atom. The van der Waals surface area contributed by atoms with Crippen molar-refractivity contribution < 1.29 is 29.0 Å². The lowest BCUT2D eigenvalue weighted by Gasteiger charge is -2.25. The lowest BCUT2D eigenvalue weighted by Crippen LogP contribution is -2.27. The molecule has 2 rings (SSSR count). The van der Waals surface area contributed by atoms with Crippen molar-refractivity contribution in [2.75, 3.05) is 0 Å². The van der Waals surface area contributed by atoms with E-state index in [-0.39, 0.29) is 35.1 Å². The number of carbonyl (C=O) groups is 4. The predicted molar refractivity (Wildman–Crippen MR) is 108 cm³/mol. The first kappa shape index (κ1) is 23.1. The van der Waals surface area contributed by atoms with E-state index in [0.717, 1.165) is 0 Å². The highest BCUT2D eigenvalue weighted by Crippen LogP contribution is 2.35. The molecule has 0 saturated heterocycles. The molecule has 1 aromatic heterocycles. The number of ketones is 2. The standard InChI is InChI=1S/C21H28ClNO6/c1-20(2,3)29-14(25)8-9-21(4,5)11-13(24)18(26)17-16(22)15(19(27)28)12-7-6-10-23(12)17/h6-11H2,1-5H3,(H,27,28). The van der Waals surface area contributed by atoms with Gasteiger partial charge in [-0.1, -0.05) is 25.4 Å². The highest BCUT2D eigenvalue weighted by molar-refractivity contribution is 6.48. The van der Waals surface area contributed by atoms with Gasteiger partial charge in [0.05, 0.1) is 10.6 Å². The second-order valence-electron chi connectivity index (χ2n) is 9.22. The largest absolute Gasteiger partial charge is 0.478 e. The molecule has 2 heterocycles. The molecule has 0 spiro atoms. The summed E-state index contributed by atoms with van der Waals surface area (Å²) in [6, 6.07) is 0. The average Bonchev–Trinajstić information content (AvgIpc) is 3.09. The lowest BCUT2D eigenvalue weighted by atomic mass is 9.81. The molecule has 0 atom stereocenters. The van der Waals surface area contributed by atoms with Crippen molar-refractivity contribution in [3.05, 3.63) is 22.0 Å². The molecule has 7 nitrogen and oxygen atoms in total. The molecule has 0 aliphatic carbocycles. The summed E-state index contributed by atoms with van der Waals surface area (Å²) < 4.78 is 6.83. The Labute approximate surface area is 175 Å². The molecule has 0 aromatic carbocycles. The number of halogens is 1. The third-order valence-electron chi connectivity index (χ3n) is 4.85. The number of nitrogens with zero attached hydrogens (tertiary/aromatic N) is 1. The quantitative estimate of drug-likeness (QED) is 0.382. The van der Waals surface area contributed by atoms with E-state index in [9.17, 15) is 24.3 Å². The van der Waals surface area contributed by atoms with Crippen LogP contribution < -0.4 is 0 Å². The topological polar surface area (TPSA) is 103 Å². The first-order chi connectivity index (χ1) is 13.2. The zero-order valence-electron chi connectivity index (χ0n) is 17.6. The van der Waals surface area contributed by atoms with Gasteiger partial charge in [-0.05, 0) is 45.4 Å². The first-order valence-corrected chi connectivity index (χ1v) is 10.0. The fourth-order valence-electron chi connectivity index (χ4n) is 3.55. The zero-order chi connectivity index (χ0) is 22.1. The minimum absolute atomic E-state index is 0.0375. The number of fused-ring (bicyclic) bond motifs is 1. The van der Waals surface area contributed by atoms with Crippen LogP contribution in [0.4, 0.5) is 0 Å². The number of esters is 1. The van der Waals surface area contributed by atoms with Crippen molar-refractivity contribution in [3.8, 4) is 0 Å². The zero-order valence-corrected chi connectivity index (χ0v) is 18.3. The number of rotatable bonds is 8. The van der Waals surface area contributed by atoms with E-state index in [4.69, 9.17) is 16.3 Å². The molecule has 160 valence electrons. The van der Waals surface area contributed by atoms with Crippen molar-refractivity contribution in [1.82, 2.24) is 4.57 Å². The van der Waals surface area contributed by atoms with Crippen molar-refractivity contribution in [3.63, 3.8) is 0 Å². The first-order valence-electron chi connectivity index (χ1n) is 9.67. The van der Waals surface area contributed by atoms with Gasteiger partial charge in [0.15, 0.2) is 0 Å². The van der Waals surface area contributed by atoms with Crippen LogP contribution in [0.15, 0.2) is 0 Å². The number of hydrogen-bond acceptors (Lipinski definition) is 5. The van der Waals surface area contributed by atoms with Crippen LogP contribution in [0.5, 0.6) is 0 Å². The Morgan fingerprint density at radius 1 is 1.14 bits per heavy atom. The molecule has 0 saturated carbocycles. The second kappa shape index (κ2) is 8.30. The van der Waals surface area contributed by atoms with Gasteiger partial charge in [-0.2, -0.15) is 0 Å². The van der Waals surface area contributed by atoms with E-state index in [2.05, 4.69) is 0 Å². The summed E-state index contributed by atoms with van der Waals surface area (Å²) in [5.41, 5.74) is -0.829. The molecule has 8 heteroatoms. The number of Topliss-reactive ketones (excluding diaryl/α,β-unsaturated/α-hetero) is 2. The van der Waals surface area contributed by atoms with E-state index in [0.29, 0.717) is 31.5 Å². The van der Waals surface area contributed by atoms with Crippen LogP contribution in [0.1, 0.15) is 86.8 Å². The van der Waals surface area contributed by atoms with Crippen LogP contribution in [0.3, 0.4) is 0 Å². The number of hydrogen-bond donors (Lipinski definition) is 1. The molecule has 0 radical (unpaired) electrons. The van der Waals surface area contributed by atoms with Crippen molar-refractivity contribution in [1.29, 1.82) is 0 Å². The molecule has 1 N–H and O–H groups in total. The SMILES string of the molecule is CC(C)(CCC(=O)OC(C)(C)C)CC(=O)C(=O)c1c(Cl)c(C(=O)O)c2n1CCC2. The van der Waals surface area contributed by atoms with Crippen LogP contribution in [-0.4, -0.2) is 38.8 Å². The minimum atomic E-state index is -1.20. The maximum atomic E-state index is 12.8. The van der Waals surface area contributed by atoms with Gasteiger partial charge >= 0.3 is 11.9 Å². The Bertz CT molecular complexity index is 860. The number of carboxylic acid groups (broad SMARTS) is 1. The third-order valence-corrected chi connectivity index (χ3v) is 5.22. The molecular formula is C21H28ClNO6. The molecule has 0 amide bonds. The van der Waals surface area contributed by atoms with Crippen molar-refractivity contribution in [2.45, 2.75) is 78.9 Å². The third kappa shape index (κ3) is 5.47. The maximum Gasteiger partial charge on any atom is 0.339 e. The molecule has 1 aliphatic heterocycles. The maximum absolute atomic E-state index is 12.8. The Kier molecular flexibility index (Phi) is 6.62. The van der Waals surface area contributed by atoms with Gasteiger partial charge < -0.3 is 14.4 Å². The highest BCUT2D eigenvalue weighted by Gasteiger charge is 2.36. The van der Waals surface area contributed by atoms with Gasteiger partial charge in [-0.3, -0.25) is 14.4 Å². The van der Waals surface area contributed by atoms with E-state index in [1.807, 2.05) is 0 Å². The summed E-state index contributed by atoms with van der Waals surface area (Å²) in [6.07, 6.45) is 1.64. The summed E-state index contributed by atoms with van der Waals surface area (Å²) in [7, 11) is 0. The molecular weight excluding hydrogens is 398 g/mol. The molecule has 1 aromatic rings. The van der Waals surface area contributed by atoms with Gasteiger partial charge in [0.25, 0.3) is 0 Å². The summed E-state index contributed by atoms with van der Waals surface area (Å²) in [5, 5.41) is 9.25. The number of carboxylic acids is 1. The van der Waals surface area contributed by atoms with E-state index < -0.39 is 28.6 Å². The van der Waals surface area contributed by atoms with Crippen LogP contribution in [-0.2, 0) is 27.3 Å². The second-order valence-corrected chi connectivity index (χ2v) is 9.60. The van der Waals surface area contributed by atoms with Crippen molar-refractivity contribution in [2.24, 2.45) is 5.41 Å². The Hall–Kier alpha value is -2.15. The van der Waals surface area contributed by atoms with E-state index in [1.165, 1.54) is 0 Å². The smallest absolute Gasteiger partial charge is 0.339 e. The predicted octanol–water partition coefficient (Wildman–Crippen LogP) is 4.08. The number of aromatic nitrogens is 1. The van der Waals surface area contributed by atoms with Crippen LogP contribution in [0.25, 0.3) is 0 Å². The fraction of sp³-hybridized carbons (Fsp3) is 0.619. The van der Waals surface area contributed by atoms with Gasteiger partial charge in [0.2, 0.25) is 11.6 Å². The van der Waals surface area contributed by atoms with E-state index >= 15 is 0 Å². The average molecular weight is 426 g/mol. The molecule has 0 unspecified atom stereocenters. The van der Waals surface area contributed by atoms with Crippen LogP contribution in [0.2, 0.25) is 5.02 Å². The number of ether oxygens (including phenoxy) is 1.